The van der Waals surface area contributed by atoms with E-state index in [0.29, 0.717) is 48.6 Å². The van der Waals surface area contributed by atoms with E-state index in [-0.39, 0.29) is 6.03 Å². The molecule has 2 amide bonds. The maximum absolute atomic E-state index is 12.1. The molecule has 0 aliphatic rings. The van der Waals surface area contributed by atoms with E-state index in [1.54, 1.807) is 13.0 Å². The van der Waals surface area contributed by atoms with Crippen molar-refractivity contribution in [3.63, 3.8) is 0 Å². The molecule has 2 heterocycles. The molecule has 26 heavy (non-hydrogen) atoms. The molecular weight excluding hydrogens is 336 g/mol. The highest BCUT2D eigenvalue weighted by molar-refractivity contribution is 5.90. The summed E-state index contributed by atoms with van der Waals surface area (Å²) in [6.07, 6.45) is 1.19. The number of anilines is 1. The van der Waals surface area contributed by atoms with Gasteiger partial charge in [-0.05, 0) is 24.6 Å². The monoisotopic (exact) mass is 356 g/mol. The van der Waals surface area contributed by atoms with E-state index in [1.165, 1.54) is 0 Å². The summed E-state index contributed by atoms with van der Waals surface area (Å²) < 4.78 is 10.5. The first-order chi connectivity index (χ1) is 12.5. The third-order valence-corrected chi connectivity index (χ3v) is 3.71. The molecule has 3 aromatic rings. The van der Waals surface area contributed by atoms with Crippen molar-refractivity contribution in [2.45, 2.75) is 33.6 Å². The molecule has 0 bridgehead atoms. The number of nitrogens with one attached hydrogen (secondary N) is 2. The Kier molecular flexibility index (Phi) is 5.26. The first-order valence-corrected chi connectivity index (χ1v) is 8.32. The summed E-state index contributed by atoms with van der Waals surface area (Å²) in [6, 6.07) is 5.24. The largest absolute Gasteiger partial charge is 0.421 e. The molecule has 9 nitrogen and oxygen atoms in total. The number of rotatable bonds is 6. The summed E-state index contributed by atoms with van der Waals surface area (Å²) in [5.74, 6) is 2.07. The first-order valence-electron chi connectivity index (χ1n) is 8.32. The van der Waals surface area contributed by atoms with Crippen LogP contribution < -0.4 is 10.6 Å². The summed E-state index contributed by atoms with van der Waals surface area (Å²) in [6.45, 7) is 5.97. The number of hydrogen-bond donors (Lipinski definition) is 2. The molecule has 1 aromatic carbocycles. The normalized spacial score (nSPS) is 10.7. The van der Waals surface area contributed by atoms with Crippen molar-refractivity contribution in [2.75, 3.05) is 11.9 Å². The number of aromatic nitrogens is 4. The lowest BCUT2D eigenvalue weighted by Crippen LogP contribution is -2.30. The van der Waals surface area contributed by atoms with Crippen LogP contribution in [0.25, 0.3) is 11.5 Å². The van der Waals surface area contributed by atoms with Gasteiger partial charge in [0.25, 0.3) is 0 Å². The minimum absolute atomic E-state index is 0.314. The van der Waals surface area contributed by atoms with E-state index in [1.807, 2.05) is 26.0 Å². The van der Waals surface area contributed by atoms with Gasteiger partial charge in [-0.15, -0.1) is 10.2 Å². The van der Waals surface area contributed by atoms with E-state index in [2.05, 4.69) is 31.0 Å². The Hall–Kier alpha value is -3.23. The number of urea groups is 1. The zero-order valence-electron chi connectivity index (χ0n) is 14.9. The fourth-order valence-electron chi connectivity index (χ4n) is 2.29. The van der Waals surface area contributed by atoms with Crippen molar-refractivity contribution in [2.24, 2.45) is 0 Å². The molecule has 9 heteroatoms. The van der Waals surface area contributed by atoms with Crippen LogP contribution in [0.1, 0.15) is 30.1 Å². The Morgan fingerprint density at radius 1 is 1.23 bits per heavy atom. The smallest absolute Gasteiger partial charge is 0.319 e. The number of amides is 2. The molecule has 0 spiro atoms. The highest BCUT2D eigenvalue weighted by atomic mass is 16.5. The Morgan fingerprint density at radius 2 is 2.08 bits per heavy atom. The van der Waals surface area contributed by atoms with Crippen molar-refractivity contribution in [3.05, 3.63) is 41.4 Å². The Bertz CT molecular complexity index is 902. The predicted octanol–water partition coefficient (Wildman–Crippen LogP) is 2.66. The van der Waals surface area contributed by atoms with Crippen LogP contribution in [-0.4, -0.2) is 32.9 Å². The number of carbonyl (C=O) groups is 1. The lowest BCUT2D eigenvalue weighted by Gasteiger charge is -2.10. The van der Waals surface area contributed by atoms with Gasteiger partial charge in [0.15, 0.2) is 5.82 Å². The highest BCUT2D eigenvalue weighted by Crippen LogP contribution is 2.24. The quantitative estimate of drug-likeness (QED) is 0.697. The molecular formula is C17H20N6O3. The van der Waals surface area contributed by atoms with Crippen LogP contribution in [-0.2, 0) is 12.8 Å². The van der Waals surface area contributed by atoms with Crippen LogP contribution in [0.15, 0.2) is 27.1 Å². The van der Waals surface area contributed by atoms with E-state index in [9.17, 15) is 4.79 Å². The zero-order chi connectivity index (χ0) is 18.5. The topological polar surface area (TPSA) is 119 Å². The molecule has 2 aromatic heterocycles. The Labute approximate surface area is 150 Å². The van der Waals surface area contributed by atoms with Gasteiger partial charge in [-0.1, -0.05) is 18.1 Å². The number of carbonyl (C=O) groups excluding carboxylic acids is 1. The third-order valence-electron chi connectivity index (χ3n) is 3.71. The molecule has 0 atom stereocenters. The molecule has 0 radical (unpaired) electrons. The van der Waals surface area contributed by atoms with Gasteiger partial charge in [0, 0.05) is 37.6 Å². The average Bonchev–Trinajstić information content (AvgIpc) is 3.26. The lowest BCUT2D eigenvalue weighted by molar-refractivity contribution is 0.252. The fraction of sp³-hybridized carbons (Fsp3) is 0.353. The summed E-state index contributed by atoms with van der Waals surface area (Å²) >= 11 is 0. The number of benzene rings is 1. The van der Waals surface area contributed by atoms with Crippen molar-refractivity contribution in [1.82, 2.24) is 25.7 Å². The second-order valence-electron chi connectivity index (χ2n) is 5.74. The maximum atomic E-state index is 12.1. The van der Waals surface area contributed by atoms with Crippen LogP contribution >= 0.6 is 0 Å². The molecule has 3 rings (SSSR count). The van der Waals surface area contributed by atoms with Crippen LogP contribution in [0, 0.1) is 13.8 Å². The Balaban J connectivity index is 1.58. The summed E-state index contributed by atoms with van der Waals surface area (Å²) in [7, 11) is 0. The minimum Gasteiger partial charge on any atom is -0.421 e. The molecule has 0 saturated carbocycles. The van der Waals surface area contributed by atoms with E-state index in [0.717, 1.165) is 11.1 Å². The molecule has 0 fully saturated rings. The van der Waals surface area contributed by atoms with E-state index >= 15 is 0 Å². The summed E-state index contributed by atoms with van der Waals surface area (Å²) in [4.78, 5) is 16.3. The summed E-state index contributed by atoms with van der Waals surface area (Å²) in [5.41, 5.74) is 2.33. The maximum Gasteiger partial charge on any atom is 0.319 e. The van der Waals surface area contributed by atoms with Gasteiger partial charge in [-0.2, -0.15) is 4.98 Å². The predicted molar refractivity (Wildman–Crippen MR) is 93.6 cm³/mol. The Morgan fingerprint density at radius 3 is 2.77 bits per heavy atom. The number of aryl methyl sites for hydroxylation is 3. The number of hydrogen-bond acceptors (Lipinski definition) is 7. The van der Waals surface area contributed by atoms with Crippen molar-refractivity contribution < 1.29 is 13.7 Å². The highest BCUT2D eigenvalue weighted by Gasteiger charge is 2.11. The van der Waals surface area contributed by atoms with Crippen LogP contribution in [0.4, 0.5) is 10.5 Å². The van der Waals surface area contributed by atoms with Crippen LogP contribution in [0.3, 0.4) is 0 Å². The number of nitrogens with zero attached hydrogens (tertiary/aromatic N) is 4. The van der Waals surface area contributed by atoms with Crippen molar-refractivity contribution in [1.29, 1.82) is 0 Å². The lowest BCUT2D eigenvalue weighted by atomic mass is 10.1. The molecule has 0 saturated heterocycles. The SMILES string of the molecule is CCc1nc(CCNC(=O)Nc2cc(-c3nnc(C)o3)ccc2C)no1. The summed E-state index contributed by atoms with van der Waals surface area (Å²) in [5, 5.41) is 17.3. The van der Waals surface area contributed by atoms with E-state index in [4.69, 9.17) is 8.94 Å². The molecule has 2 N–H and O–H groups in total. The molecule has 0 aliphatic carbocycles. The average molecular weight is 356 g/mol. The zero-order valence-corrected chi connectivity index (χ0v) is 14.9. The van der Waals surface area contributed by atoms with E-state index < -0.39 is 0 Å². The standard InChI is InChI=1S/C17H20N6O3/c1-4-15-20-14(23-26-15)7-8-18-17(24)19-13-9-12(6-5-10(13)2)16-22-21-11(3)25-16/h5-6,9H,4,7-8H2,1-3H3,(H2,18,19,24). The van der Waals surface area contributed by atoms with Crippen molar-refractivity contribution >= 4 is 11.7 Å². The third kappa shape index (κ3) is 4.24. The second kappa shape index (κ2) is 7.77. The molecule has 0 unspecified atom stereocenters. The van der Waals surface area contributed by atoms with Crippen LogP contribution in [0.5, 0.6) is 0 Å². The van der Waals surface area contributed by atoms with Crippen LogP contribution in [0.2, 0.25) is 0 Å². The first kappa shape index (κ1) is 17.6. The van der Waals surface area contributed by atoms with Crippen molar-refractivity contribution in [3.8, 4) is 11.5 Å². The van der Waals surface area contributed by atoms with Gasteiger partial charge < -0.3 is 19.6 Å². The molecule has 136 valence electrons. The minimum atomic E-state index is -0.314. The van der Waals surface area contributed by atoms with Gasteiger partial charge >= 0.3 is 6.03 Å². The molecule has 0 aliphatic heterocycles. The van der Waals surface area contributed by atoms with Gasteiger partial charge in [0.05, 0.1) is 0 Å². The second-order valence-corrected chi connectivity index (χ2v) is 5.74. The van der Waals surface area contributed by atoms with Gasteiger partial charge in [-0.25, -0.2) is 4.79 Å². The van der Waals surface area contributed by atoms with Gasteiger partial charge in [-0.3, -0.25) is 0 Å². The fourth-order valence-corrected chi connectivity index (χ4v) is 2.29. The van der Waals surface area contributed by atoms with Gasteiger partial charge in [0.2, 0.25) is 17.7 Å². The van der Waals surface area contributed by atoms with Gasteiger partial charge in [0.1, 0.15) is 0 Å².